The third kappa shape index (κ3) is 1.31. The smallest absolute Gasteiger partial charge is 0.296 e. The third-order valence-corrected chi connectivity index (χ3v) is 2.20. The molecule has 0 amide bonds. The Labute approximate surface area is 79.4 Å². The Balaban J connectivity index is 3.03. The summed E-state index contributed by atoms with van der Waals surface area (Å²) in [5, 5.41) is 1.12. The van der Waals surface area contributed by atoms with Crippen molar-refractivity contribution in [2.24, 2.45) is 0 Å². The van der Waals surface area contributed by atoms with Gasteiger partial charge in [-0.1, -0.05) is 23.7 Å². The van der Waals surface area contributed by atoms with Crippen molar-refractivity contribution in [3.63, 3.8) is 0 Å². The van der Waals surface area contributed by atoms with E-state index in [0.717, 1.165) is 10.9 Å². The summed E-state index contributed by atoms with van der Waals surface area (Å²) in [6.45, 7) is 1.89. The molecule has 1 aromatic carbocycles. The predicted molar refractivity (Wildman–Crippen MR) is 52.1 cm³/mol. The van der Waals surface area contributed by atoms with E-state index < -0.39 is 5.69 Å². The van der Waals surface area contributed by atoms with E-state index >= 15 is 0 Å². The molecular weight excluding hydrogens is 188 g/mol. The van der Waals surface area contributed by atoms with Crippen LogP contribution in [0.4, 0.5) is 0 Å². The van der Waals surface area contributed by atoms with E-state index in [1.807, 2.05) is 25.1 Å². The Morgan fingerprint density at radius 3 is 3.00 bits per heavy atom. The lowest BCUT2D eigenvalue weighted by Crippen LogP contribution is -2.10. The molecule has 0 atom stereocenters. The van der Waals surface area contributed by atoms with Gasteiger partial charge in [0.25, 0.3) is 0 Å². The minimum absolute atomic E-state index is 0.346. The van der Waals surface area contributed by atoms with Crippen LogP contribution < -0.4 is 5.69 Å². The zero-order valence-electron chi connectivity index (χ0n) is 6.97. The fourth-order valence-corrected chi connectivity index (χ4v) is 1.51. The molecule has 0 aliphatic carbocycles. The van der Waals surface area contributed by atoms with Crippen LogP contribution in [-0.2, 0) is 0 Å². The quantitative estimate of drug-likeness (QED) is 0.651. The number of aryl methyl sites for hydroxylation is 1. The molecule has 13 heavy (non-hydrogen) atoms. The molecule has 1 N–H and O–H groups in total. The van der Waals surface area contributed by atoms with Gasteiger partial charge in [0.2, 0.25) is 0 Å². The highest BCUT2D eigenvalue weighted by molar-refractivity contribution is 6.34. The Morgan fingerprint density at radius 1 is 1.46 bits per heavy atom. The van der Waals surface area contributed by atoms with Gasteiger partial charge in [-0.05, 0) is 18.6 Å². The average molecular weight is 195 g/mol. The SMILES string of the molecule is Cc1cccc2c(Cl)[nH]c(=O)nc12. The summed E-state index contributed by atoms with van der Waals surface area (Å²) in [4.78, 5) is 17.3. The standard InChI is InChI=1S/C9H7ClN2O/c1-5-3-2-4-6-7(5)11-9(13)12-8(6)10/h2-4H,1H3,(H,11,12,13). The first-order chi connectivity index (χ1) is 6.18. The van der Waals surface area contributed by atoms with Crippen LogP contribution in [0, 0.1) is 6.92 Å². The minimum atomic E-state index is -0.410. The highest BCUT2D eigenvalue weighted by atomic mass is 35.5. The summed E-state index contributed by atoms with van der Waals surface area (Å²) in [6.07, 6.45) is 0. The second-order valence-electron chi connectivity index (χ2n) is 2.83. The lowest BCUT2D eigenvalue weighted by molar-refractivity contribution is 1.11. The molecule has 0 aliphatic rings. The topological polar surface area (TPSA) is 45.8 Å². The number of hydrogen-bond acceptors (Lipinski definition) is 2. The molecule has 3 nitrogen and oxygen atoms in total. The Bertz CT molecular complexity index is 518. The number of benzene rings is 1. The van der Waals surface area contributed by atoms with Crippen molar-refractivity contribution in [1.82, 2.24) is 9.97 Å². The van der Waals surface area contributed by atoms with Crippen LogP contribution in [0.1, 0.15) is 5.56 Å². The van der Waals surface area contributed by atoms with Gasteiger partial charge in [0.1, 0.15) is 5.15 Å². The van der Waals surface area contributed by atoms with E-state index in [-0.39, 0.29) is 0 Å². The molecular formula is C9H7ClN2O. The molecule has 1 heterocycles. The number of nitrogens with one attached hydrogen (secondary N) is 1. The zero-order chi connectivity index (χ0) is 9.42. The van der Waals surface area contributed by atoms with Gasteiger partial charge in [0.15, 0.2) is 0 Å². The lowest BCUT2D eigenvalue weighted by atomic mass is 10.1. The Morgan fingerprint density at radius 2 is 2.23 bits per heavy atom. The van der Waals surface area contributed by atoms with Crippen molar-refractivity contribution < 1.29 is 0 Å². The number of nitrogens with zero attached hydrogens (tertiary/aromatic N) is 1. The molecule has 0 aliphatic heterocycles. The largest absolute Gasteiger partial charge is 0.346 e. The van der Waals surface area contributed by atoms with Crippen LogP contribution in [0.3, 0.4) is 0 Å². The number of fused-ring (bicyclic) bond motifs is 1. The summed E-state index contributed by atoms with van der Waals surface area (Å²) in [6, 6.07) is 5.60. The second kappa shape index (κ2) is 2.85. The van der Waals surface area contributed by atoms with Gasteiger partial charge in [0.05, 0.1) is 5.52 Å². The molecule has 4 heteroatoms. The maximum Gasteiger partial charge on any atom is 0.346 e. The third-order valence-electron chi connectivity index (χ3n) is 1.90. The maximum atomic E-state index is 11.0. The van der Waals surface area contributed by atoms with Gasteiger partial charge < -0.3 is 0 Å². The van der Waals surface area contributed by atoms with E-state index in [1.54, 1.807) is 0 Å². The van der Waals surface area contributed by atoms with Crippen molar-refractivity contribution in [1.29, 1.82) is 0 Å². The molecule has 0 radical (unpaired) electrons. The fourth-order valence-electron chi connectivity index (χ4n) is 1.28. The molecule has 2 rings (SSSR count). The van der Waals surface area contributed by atoms with Gasteiger partial charge in [-0.15, -0.1) is 0 Å². The van der Waals surface area contributed by atoms with Gasteiger partial charge in [-0.25, -0.2) is 4.79 Å². The molecule has 0 bridgehead atoms. The molecule has 0 fully saturated rings. The van der Waals surface area contributed by atoms with Crippen molar-refractivity contribution in [2.45, 2.75) is 6.92 Å². The number of aromatic amines is 1. The van der Waals surface area contributed by atoms with Gasteiger partial charge >= 0.3 is 5.69 Å². The first-order valence-electron chi connectivity index (χ1n) is 3.83. The lowest BCUT2D eigenvalue weighted by Gasteiger charge is -2.00. The van der Waals surface area contributed by atoms with Gasteiger partial charge in [0, 0.05) is 5.39 Å². The maximum absolute atomic E-state index is 11.0. The molecule has 2 aromatic rings. The summed E-state index contributed by atoms with van der Waals surface area (Å²) in [5.41, 5.74) is 1.20. The summed E-state index contributed by atoms with van der Waals surface area (Å²) in [5.74, 6) is 0. The zero-order valence-corrected chi connectivity index (χ0v) is 7.72. The Kier molecular flexibility index (Phi) is 1.81. The van der Waals surface area contributed by atoms with E-state index in [1.165, 1.54) is 0 Å². The second-order valence-corrected chi connectivity index (χ2v) is 3.20. The number of halogens is 1. The highest BCUT2D eigenvalue weighted by Crippen LogP contribution is 2.19. The molecule has 0 unspecified atom stereocenters. The first-order valence-corrected chi connectivity index (χ1v) is 4.21. The van der Waals surface area contributed by atoms with E-state index in [2.05, 4.69) is 9.97 Å². The number of para-hydroxylation sites is 1. The van der Waals surface area contributed by atoms with Gasteiger partial charge in [-0.2, -0.15) is 4.98 Å². The number of H-pyrrole nitrogens is 1. The number of rotatable bonds is 0. The normalized spacial score (nSPS) is 10.6. The van der Waals surface area contributed by atoms with Crippen molar-refractivity contribution in [2.75, 3.05) is 0 Å². The van der Waals surface area contributed by atoms with Crippen molar-refractivity contribution in [3.05, 3.63) is 39.4 Å². The van der Waals surface area contributed by atoms with Crippen LogP contribution in [0.5, 0.6) is 0 Å². The molecule has 0 saturated carbocycles. The summed E-state index contributed by atoms with van der Waals surface area (Å²) in [7, 11) is 0. The summed E-state index contributed by atoms with van der Waals surface area (Å²) < 4.78 is 0. The highest BCUT2D eigenvalue weighted by Gasteiger charge is 2.03. The van der Waals surface area contributed by atoms with E-state index in [4.69, 9.17) is 11.6 Å². The van der Waals surface area contributed by atoms with Crippen LogP contribution in [0.15, 0.2) is 23.0 Å². The van der Waals surface area contributed by atoms with E-state index in [0.29, 0.717) is 10.7 Å². The van der Waals surface area contributed by atoms with E-state index in [9.17, 15) is 4.79 Å². The molecule has 0 spiro atoms. The number of hydrogen-bond donors (Lipinski definition) is 1. The monoisotopic (exact) mass is 194 g/mol. The molecule has 1 aromatic heterocycles. The first kappa shape index (κ1) is 8.26. The van der Waals surface area contributed by atoms with Crippen molar-refractivity contribution >= 4 is 22.5 Å². The average Bonchev–Trinajstić information content (AvgIpc) is 2.07. The summed E-state index contributed by atoms with van der Waals surface area (Å²) >= 11 is 5.84. The molecule has 66 valence electrons. The fraction of sp³-hybridized carbons (Fsp3) is 0.111. The minimum Gasteiger partial charge on any atom is -0.296 e. The van der Waals surface area contributed by atoms with Crippen molar-refractivity contribution in [3.8, 4) is 0 Å². The van der Waals surface area contributed by atoms with Gasteiger partial charge in [-0.3, -0.25) is 4.98 Å². The van der Waals surface area contributed by atoms with Crippen LogP contribution in [-0.4, -0.2) is 9.97 Å². The molecule has 0 saturated heterocycles. The van der Waals surface area contributed by atoms with Crippen LogP contribution in [0.2, 0.25) is 5.15 Å². The van der Waals surface area contributed by atoms with Crippen LogP contribution >= 0.6 is 11.6 Å². The number of aromatic nitrogens is 2. The van der Waals surface area contributed by atoms with Crippen LogP contribution in [0.25, 0.3) is 10.9 Å². The Hall–Kier alpha value is -1.35. The predicted octanol–water partition coefficient (Wildman–Crippen LogP) is 1.88.